The zero-order valence-corrected chi connectivity index (χ0v) is 16.0. The number of aromatic amines is 1. The summed E-state index contributed by atoms with van der Waals surface area (Å²) in [5.41, 5.74) is 2.98. The molecule has 0 unspecified atom stereocenters. The molecule has 0 bridgehead atoms. The van der Waals surface area contributed by atoms with Crippen LogP contribution < -0.4 is 20.8 Å². The lowest BCUT2D eigenvalue weighted by atomic mass is 9.94. The van der Waals surface area contributed by atoms with Crippen molar-refractivity contribution in [3.8, 4) is 22.6 Å². The SMILES string of the molecule is COc1cccc(-c2c(C(=O)O)c(N)[nH]c(=O)c2C(=O)O)c1OCCC1OCCO1. The molecule has 1 aromatic carbocycles. The van der Waals surface area contributed by atoms with Crippen LogP contribution in [0.4, 0.5) is 5.82 Å². The highest BCUT2D eigenvalue weighted by Gasteiger charge is 2.29. The largest absolute Gasteiger partial charge is 0.493 e. The summed E-state index contributed by atoms with van der Waals surface area (Å²) in [6.07, 6.45) is -0.0745. The number of nitrogen functional groups attached to an aromatic ring is 1. The number of ether oxygens (including phenoxy) is 4. The topological polar surface area (TPSA) is 170 Å². The van der Waals surface area contributed by atoms with Crippen molar-refractivity contribution in [3.63, 3.8) is 0 Å². The van der Waals surface area contributed by atoms with Gasteiger partial charge in [0.15, 0.2) is 17.8 Å². The molecule has 1 aliphatic rings. The lowest BCUT2D eigenvalue weighted by Gasteiger charge is -2.19. The van der Waals surface area contributed by atoms with E-state index in [0.29, 0.717) is 19.6 Å². The van der Waals surface area contributed by atoms with Crippen LogP contribution in [0, 0.1) is 0 Å². The fraction of sp³-hybridized carbons (Fsp3) is 0.316. The number of rotatable bonds is 8. The maximum Gasteiger partial charge on any atom is 0.342 e. The number of methoxy groups -OCH3 is 1. The van der Waals surface area contributed by atoms with Crippen LogP contribution in [-0.4, -0.2) is 60.4 Å². The number of anilines is 1. The van der Waals surface area contributed by atoms with Gasteiger partial charge in [0.05, 0.1) is 26.9 Å². The minimum atomic E-state index is -1.62. The van der Waals surface area contributed by atoms with E-state index in [4.69, 9.17) is 24.7 Å². The molecule has 0 atom stereocenters. The monoisotopic (exact) mass is 420 g/mol. The van der Waals surface area contributed by atoms with Crippen molar-refractivity contribution in [1.82, 2.24) is 4.98 Å². The molecule has 1 aliphatic heterocycles. The number of nitrogens with one attached hydrogen (secondary N) is 1. The molecule has 0 spiro atoms. The van der Waals surface area contributed by atoms with Crippen molar-refractivity contribution < 1.29 is 38.7 Å². The van der Waals surface area contributed by atoms with Gasteiger partial charge in [0.2, 0.25) is 0 Å². The quantitative estimate of drug-likeness (QED) is 0.486. The van der Waals surface area contributed by atoms with Crippen LogP contribution in [0.25, 0.3) is 11.1 Å². The van der Waals surface area contributed by atoms with Gasteiger partial charge in [-0.05, 0) is 6.07 Å². The minimum Gasteiger partial charge on any atom is -0.493 e. The molecule has 1 fully saturated rings. The third-order valence-corrected chi connectivity index (χ3v) is 4.43. The first kappa shape index (κ1) is 21.1. The number of benzene rings is 1. The van der Waals surface area contributed by atoms with Gasteiger partial charge in [0.25, 0.3) is 5.56 Å². The normalized spacial score (nSPS) is 13.9. The van der Waals surface area contributed by atoms with Crippen LogP contribution in [0.2, 0.25) is 0 Å². The molecule has 5 N–H and O–H groups in total. The van der Waals surface area contributed by atoms with Crippen molar-refractivity contribution in [2.24, 2.45) is 0 Å². The summed E-state index contributed by atoms with van der Waals surface area (Å²) < 4.78 is 21.8. The molecule has 2 aromatic rings. The summed E-state index contributed by atoms with van der Waals surface area (Å²) >= 11 is 0. The standard InChI is InChI=1S/C19H20N2O9/c1-27-10-4-2-3-9(15(10)30-6-5-11-28-7-8-29-11)12-13(18(23)24)16(20)21-17(22)14(12)19(25)26/h2-4,11H,5-8H2,1H3,(H,23,24)(H,25,26)(H3,20,21,22). The molecule has 3 rings (SSSR count). The van der Waals surface area contributed by atoms with E-state index < -0.39 is 40.7 Å². The Morgan fingerprint density at radius 1 is 1.20 bits per heavy atom. The van der Waals surface area contributed by atoms with Gasteiger partial charge in [-0.3, -0.25) is 4.79 Å². The highest BCUT2D eigenvalue weighted by atomic mass is 16.7. The zero-order valence-electron chi connectivity index (χ0n) is 16.0. The number of aromatic nitrogens is 1. The molecule has 0 amide bonds. The molecule has 11 nitrogen and oxygen atoms in total. The maximum absolute atomic E-state index is 12.3. The van der Waals surface area contributed by atoms with Gasteiger partial charge in [-0.25, -0.2) is 9.59 Å². The molecule has 0 aliphatic carbocycles. The Bertz CT molecular complexity index is 1030. The van der Waals surface area contributed by atoms with E-state index in [-0.39, 0.29) is 29.2 Å². The van der Waals surface area contributed by atoms with Gasteiger partial charge in [-0.2, -0.15) is 0 Å². The Morgan fingerprint density at radius 2 is 1.87 bits per heavy atom. The van der Waals surface area contributed by atoms with Crippen LogP contribution in [0.5, 0.6) is 11.5 Å². The highest BCUT2D eigenvalue weighted by molar-refractivity contribution is 6.08. The van der Waals surface area contributed by atoms with Crippen molar-refractivity contribution >= 4 is 17.8 Å². The number of carboxylic acids is 2. The summed E-state index contributed by atoms with van der Waals surface area (Å²) in [5, 5.41) is 19.2. The van der Waals surface area contributed by atoms with E-state index >= 15 is 0 Å². The van der Waals surface area contributed by atoms with Gasteiger partial charge in [0, 0.05) is 17.5 Å². The Morgan fingerprint density at radius 3 is 2.47 bits per heavy atom. The first-order valence-corrected chi connectivity index (χ1v) is 8.90. The van der Waals surface area contributed by atoms with Crippen molar-refractivity contribution in [2.75, 3.05) is 32.7 Å². The molecule has 2 heterocycles. The maximum atomic E-state index is 12.3. The van der Waals surface area contributed by atoms with Crippen LogP contribution >= 0.6 is 0 Å². The Balaban J connectivity index is 2.16. The predicted octanol–water partition coefficient (Wildman–Crippen LogP) is 1.17. The lowest BCUT2D eigenvalue weighted by Crippen LogP contribution is -2.24. The second-order valence-corrected chi connectivity index (χ2v) is 6.25. The molecule has 160 valence electrons. The van der Waals surface area contributed by atoms with Crippen molar-refractivity contribution in [3.05, 3.63) is 39.7 Å². The number of carbonyl (C=O) groups is 2. The second kappa shape index (κ2) is 8.84. The summed E-state index contributed by atoms with van der Waals surface area (Å²) in [4.78, 5) is 38.0. The first-order valence-electron chi connectivity index (χ1n) is 8.90. The predicted molar refractivity (Wildman–Crippen MR) is 103 cm³/mol. The van der Waals surface area contributed by atoms with E-state index in [9.17, 15) is 24.6 Å². The number of para-hydroxylation sites is 1. The molecule has 0 saturated carbocycles. The van der Waals surface area contributed by atoms with Crippen LogP contribution in [-0.2, 0) is 9.47 Å². The summed E-state index contributed by atoms with van der Waals surface area (Å²) in [5.74, 6) is -3.33. The number of hydrogen-bond donors (Lipinski definition) is 4. The molecule has 0 radical (unpaired) electrons. The van der Waals surface area contributed by atoms with Gasteiger partial charge in [-0.1, -0.05) is 12.1 Å². The van der Waals surface area contributed by atoms with Crippen LogP contribution in [0.3, 0.4) is 0 Å². The molecule has 1 aromatic heterocycles. The van der Waals surface area contributed by atoms with E-state index in [2.05, 4.69) is 4.98 Å². The van der Waals surface area contributed by atoms with Gasteiger partial charge >= 0.3 is 11.9 Å². The third kappa shape index (κ3) is 4.07. The molecule has 30 heavy (non-hydrogen) atoms. The number of H-pyrrole nitrogens is 1. The van der Waals surface area contributed by atoms with Gasteiger partial charge in [-0.15, -0.1) is 0 Å². The van der Waals surface area contributed by atoms with Crippen molar-refractivity contribution in [1.29, 1.82) is 0 Å². The Labute approximate surface area is 169 Å². The average molecular weight is 420 g/mol. The third-order valence-electron chi connectivity index (χ3n) is 4.43. The average Bonchev–Trinajstić information content (AvgIpc) is 3.20. The number of nitrogens with two attached hydrogens (primary N) is 1. The first-order chi connectivity index (χ1) is 14.3. The summed E-state index contributed by atoms with van der Waals surface area (Å²) in [7, 11) is 1.37. The number of carboxylic acid groups (broad SMARTS) is 2. The zero-order chi connectivity index (χ0) is 21.8. The minimum absolute atomic E-state index is 0.0372. The van der Waals surface area contributed by atoms with E-state index in [1.54, 1.807) is 6.07 Å². The summed E-state index contributed by atoms with van der Waals surface area (Å²) in [6.45, 7) is 1.04. The Hall–Kier alpha value is -3.57. The Kier molecular flexibility index (Phi) is 6.23. The molecule has 11 heteroatoms. The fourth-order valence-electron chi connectivity index (χ4n) is 3.17. The summed E-state index contributed by atoms with van der Waals surface area (Å²) in [6, 6.07) is 4.49. The molecule has 1 saturated heterocycles. The van der Waals surface area contributed by atoms with Crippen LogP contribution in [0.1, 0.15) is 27.1 Å². The highest BCUT2D eigenvalue weighted by Crippen LogP contribution is 2.41. The number of pyridine rings is 1. The van der Waals surface area contributed by atoms with E-state index in [1.807, 2.05) is 0 Å². The van der Waals surface area contributed by atoms with E-state index in [0.717, 1.165) is 0 Å². The second-order valence-electron chi connectivity index (χ2n) is 6.25. The lowest BCUT2D eigenvalue weighted by molar-refractivity contribution is -0.0532. The van der Waals surface area contributed by atoms with Gasteiger partial charge in [0.1, 0.15) is 16.9 Å². The van der Waals surface area contributed by atoms with Crippen molar-refractivity contribution in [2.45, 2.75) is 12.7 Å². The number of aromatic carboxylic acids is 2. The molecular weight excluding hydrogens is 400 g/mol. The van der Waals surface area contributed by atoms with Gasteiger partial charge < -0.3 is 39.9 Å². The number of hydrogen-bond acceptors (Lipinski definition) is 8. The smallest absolute Gasteiger partial charge is 0.342 e. The van der Waals surface area contributed by atoms with E-state index in [1.165, 1.54) is 19.2 Å². The van der Waals surface area contributed by atoms with Crippen LogP contribution in [0.15, 0.2) is 23.0 Å². The molecular formula is C19H20N2O9. The fourth-order valence-corrected chi connectivity index (χ4v) is 3.17.